The Kier molecular flexibility index (Phi) is 18.8. The first-order chi connectivity index (χ1) is 26.5. The van der Waals surface area contributed by atoms with Crippen LogP contribution in [0.25, 0.3) is 22.5 Å². The molecule has 0 spiro atoms. The molecule has 5 aromatic rings. The Labute approximate surface area is 336 Å². The molecule has 1 aliphatic heterocycles. The van der Waals surface area contributed by atoms with Crippen LogP contribution < -0.4 is 14.2 Å². The van der Waals surface area contributed by atoms with E-state index < -0.39 is 29.2 Å². The third-order valence-electron chi connectivity index (χ3n) is 8.11. The average Bonchev–Trinajstić information content (AvgIpc) is 3.17. The monoisotopic (exact) mass is 958 g/mol. The predicted molar refractivity (Wildman–Crippen MR) is 197 cm³/mol. The summed E-state index contributed by atoms with van der Waals surface area (Å²) in [6.07, 6.45) is 8.51. The molecule has 0 saturated carbocycles. The standard InChI is InChI=1S/C17H25NO5.2C12H9F2NO.Ir/c1-17(12-22-13-17)11-21-9-4-2-3-5-10-23-14-7-6-8-18-15(14)16(19)20;2*1-16-9-4-5-15-12(7-9)10-3-2-8(13)6-11(10)14;/h6-8H,2-5,9-13H2,1H3,(H,19,20);2*2-7H,1H3;/q;;;+3. The summed E-state index contributed by atoms with van der Waals surface area (Å²) in [4.78, 5) is 22.8. The van der Waals surface area contributed by atoms with Crippen LogP contribution in [0.3, 0.4) is 0 Å². The average molecular weight is 958 g/mol. The van der Waals surface area contributed by atoms with Crippen molar-refractivity contribution in [1.29, 1.82) is 0 Å². The van der Waals surface area contributed by atoms with E-state index in [1.165, 1.54) is 57.1 Å². The van der Waals surface area contributed by atoms with Crippen LogP contribution in [-0.4, -0.2) is 73.3 Å². The summed E-state index contributed by atoms with van der Waals surface area (Å²) < 4.78 is 78.7. The maximum absolute atomic E-state index is 13.5. The minimum atomic E-state index is -1.07. The van der Waals surface area contributed by atoms with Crippen molar-refractivity contribution in [2.75, 3.05) is 47.3 Å². The number of carbonyl (C=O) groups is 1. The first-order valence-electron chi connectivity index (χ1n) is 17.4. The molecule has 0 atom stereocenters. The minimum absolute atomic E-state index is 0. The smallest absolute Gasteiger partial charge is 0.497 e. The van der Waals surface area contributed by atoms with Gasteiger partial charge < -0.3 is 28.8 Å². The van der Waals surface area contributed by atoms with Gasteiger partial charge in [0.15, 0.2) is 11.4 Å². The van der Waals surface area contributed by atoms with Gasteiger partial charge in [0.2, 0.25) is 0 Å². The molecule has 0 amide bonds. The number of benzene rings is 2. The molecule has 0 aliphatic carbocycles. The van der Waals surface area contributed by atoms with E-state index in [9.17, 15) is 22.4 Å². The Morgan fingerprint density at radius 3 is 1.73 bits per heavy atom. The summed E-state index contributed by atoms with van der Waals surface area (Å²) in [6, 6.07) is 16.6. The molecule has 3 aromatic heterocycles. The quantitative estimate of drug-likeness (QED) is 0.0805. The van der Waals surface area contributed by atoms with Crippen molar-refractivity contribution < 1.29 is 71.3 Å². The van der Waals surface area contributed by atoms with E-state index in [4.69, 9.17) is 28.8 Å². The Hall–Kier alpha value is -4.95. The van der Waals surface area contributed by atoms with Crippen molar-refractivity contribution in [3.8, 4) is 39.8 Å². The Morgan fingerprint density at radius 2 is 1.27 bits per heavy atom. The third kappa shape index (κ3) is 14.3. The summed E-state index contributed by atoms with van der Waals surface area (Å²) in [5.41, 5.74) is 1.52. The number of methoxy groups -OCH3 is 2. The molecule has 0 unspecified atom stereocenters. The molecule has 298 valence electrons. The van der Waals surface area contributed by atoms with E-state index in [1.807, 2.05) is 0 Å². The molecule has 15 heteroatoms. The van der Waals surface area contributed by atoms with Crippen LogP contribution in [0.5, 0.6) is 17.2 Å². The Balaban J connectivity index is 0.000000229. The molecule has 1 saturated heterocycles. The molecule has 1 N–H and O–H groups in total. The van der Waals surface area contributed by atoms with E-state index in [2.05, 4.69) is 21.9 Å². The first kappa shape index (κ1) is 45.4. The van der Waals surface area contributed by atoms with E-state index >= 15 is 0 Å². The zero-order valence-corrected chi connectivity index (χ0v) is 33.5. The maximum atomic E-state index is 13.5. The molecular weight excluding hydrogens is 915 g/mol. The second-order valence-corrected chi connectivity index (χ2v) is 12.7. The van der Waals surface area contributed by atoms with Gasteiger partial charge in [-0.05, 0) is 67.8 Å². The molecule has 0 bridgehead atoms. The summed E-state index contributed by atoms with van der Waals surface area (Å²) in [6.45, 7) is 5.84. The number of aromatic carboxylic acids is 1. The van der Waals surface area contributed by atoms with Gasteiger partial charge in [-0.25, -0.2) is 27.3 Å². The number of hydrogen-bond acceptors (Lipinski definition) is 9. The van der Waals surface area contributed by atoms with Crippen LogP contribution in [0.1, 0.15) is 43.1 Å². The fourth-order valence-electron chi connectivity index (χ4n) is 5.13. The molecule has 0 radical (unpaired) electrons. The zero-order valence-electron chi connectivity index (χ0n) is 31.1. The summed E-state index contributed by atoms with van der Waals surface area (Å²) in [5, 5.41) is 9.00. The predicted octanol–water partition coefficient (Wildman–Crippen LogP) is 8.84. The fraction of sp³-hybridized carbons (Fsp3) is 0.317. The van der Waals surface area contributed by atoms with Gasteiger partial charge in [-0.1, -0.05) is 13.3 Å². The van der Waals surface area contributed by atoms with Gasteiger partial charge in [0.1, 0.15) is 34.8 Å². The summed E-state index contributed by atoms with van der Waals surface area (Å²) in [5.74, 6) is -2.07. The third-order valence-corrected chi connectivity index (χ3v) is 8.11. The van der Waals surface area contributed by atoms with Crippen molar-refractivity contribution in [2.45, 2.75) is 32.6 Å². The summed E-state index contributed by atoms with van der Waals surface area (Å²) in [7, 11) is 3.03. The van der Waals surface area contributed by atoms with Gasteiger partial charge in [0, 0.05) is 66.0 Å². The number of rotatable bonds is 15. The number of carboxylic acid groups (broad SMARTS) is 1. The van der Waals surface area contributed by atoms with E-state index in [1.54, 1.807) is 36.4 Å². The number of nitrogens with zero attached hydrogens (tertiary/aromatic N) is 3. The van der Waals surface area contributed by atoms with Gasteiger partial charge >= 0.3 is 26.1 Å². The molecule has 1 aliphatic rings. The molecule has 1 fully saturated rings. The number of aromatic nitrogens is 3. The Bertz CT molecular complexity index is 1890. The number of ether oxygens (including phenoxy) is 5. The second kappa shape index (κ2) is 23.2. The molecular formula is C41H43F4IrN3O7+3. The first-order valence-corrected chi connectivity index (χ1v) is 17.4. The Morgan fingerprint density at radius 1 is 0.732 bits per heavy atom. The van der Waals surface area contributed by atoms with Crippen molar-refractivity contribution in [3.05, 3.63) is 120 Å². The number of carboxylic acids is 1. The molecule has 6 rings (SSSR count). The number of pyridine rings is 3. The van der Waals surface area contributed by atoms with Crippen LogP contribution in [0.15, 0.2) is 91.4 Å². The van der Waals surface area contributed by atoms with Gasteiger partial charge in [0.05, 0.1) is 52.0 Å². The van der Waals surface area contributed by atoms with E-state index in [-0.39, 0.29) is 42.3 Å². The van der Waals surface area contributed by atoms with E-state index in [0.717, 1.165) is 64.2 Å². The molecule has 56 heavy (non-hydrogen) atoms. The number of halogens is 4. The van der Waals surface area contributed by atoms with Crippen molar-refractivity contribution in [1.82, 2.24) is 15.0 Å². The van der Waals surface area contributed by atoms with E-state index in [0.29, 0.717) is 35.2 Å². The van der Waals surface area contributed by atoms with Crippen LogP contribution in [0.4, 0.5) is 17.6 Å². The van der Waals surface area contributed by atoms with Gasteiger partial charge in [-0.3, -0.25) is 9.97 Å². The SMILES string of the molecule is CC1(COCCCCCCOc2cccnc2C(=O)O)COC1.COc1ccnc(-c2ccc(F)cc2F)c1.COc1ccnc(-c2ccc(F)cc2F)c1.[Ir+3]. The molecule has 4 heterocycles. The summed E-state index contributed by atoms with van der Waals surface area (Å²) >= 11 is 0. The molecule has 2 aromatic carbocycles. The van der Waals surface area contributed by atoms with Crippen molar-refractivity contribution >= 4 is 5.97 Å². The van der Waals surface area contributed by atoms with Crippen LogP contribution in [0, 0.1) is 28.7 Å². The van der Waals surface area contributed by atoms with Crippen LogP contribution >= 0.6 is 0 Å². The van der Waals surface area contributed by atoms with Gasteiger partial charge in [0.25, 0.3) is 0 Å². The number of unbranched alkanes of at least 4 members (excludes halogenated alkanes) is 3. The van der Waals surface area contributed by atoms with Crippen molar-refractivity contribution in [3.63, 3.8) is 0 Å². The van der Waals surface area contributed by atoms with Crippen LogP contribution in [-0.2, 0) is 29.6 Å². The normalized spacial score (nSPS) is 12.3. The minimum Gasteiger partial charge on any atom is -0.497 e. The molecule has 10 nitrogen and oxygen atoms in total. The fourth-order valence-corrected chi connectivity index (χ4v) is 5.13. The largest absolute Gasteiger partial charge is 3.00 e. The van der Waals surface area contributed by atoms with Gasteiger partial charge in [-0.2, -0.15) is 0 Å². The van der Waals surface area contributed by atoms with Crippen LogP contribution in [0.2, 0.25) is 0 Å². The topological polar surface area (TPSA) is 122 Å². The van der Waals surface area contributed by atoms with Crippen molar-refractivity contribution in [2.24, 2.45) is 5.41 Å². The zero-order chi connectivity index (χ0) is 39.6. The maximum Gasteiger partial charge on any atom is 3.00 e. The second-order valence-electron chi connectivity index (χ2n) is 12.7. The van der Waals surface area contributed by atoms with Gasteiger partial charge in [-0.15, -0.1) is 0 Å². The number of hydrogen-bond donors (Lipinski definition) is 1.